The number of fused-ring (bicyclic) bond motifs is 1. The van der Waals surface area contributed by atoms with Gasteiger partial charge in [-0.3, -0.25) is 0 Å². The van der Waals surface area contributed by atoms with Crippen LogP contribution in [0.25, 0.3) is 10.9 Å². The molecule has 6 nitrogen and oxygen atoms in total. The second-order valence-corrected chi connectivity index (χ2v) is 10.9. The molecule has 0 amide bonds. The van der Waals surface area contributed by atoms with Gasteiger partial charge in [-0.15, -0.1) is 0 Å². The van der Waals surface area contributed by atoms with Gasteiger partial charge in [0.25, 0.3) is 0 Å². The summed E-state index contributed by atoms with van der Waals surface area (Å²) in [7, 11) is -0.502. The lowest BCUT2D eigenvalue weighted by Gasteiger charge is -2.28. The molecule has 4 atom stereocenters. The van der Waals surface area contributed by atoms with Crippen molar-refractivity contribution in [1.82, 2.24) is 9.78 Å². The summed E-state index contributed by atoms with van der Waals surface area (Å²) in [6.07, 6.45) is 3.27. The molecule has 1 aliphatic carbocycles. The lowest BCUT2D eigenvalue weighted by Crippen LogP contribution is -2.38. The van der Waals surface area contributed by atoms with Gasteiger partial charge in [0.15, 0.2) is 6.23 Å². The number of benzene rings is 1. The van der Waals surface area contributed by atoms with E-state index in [4.69, 9.17) is 23.9 Å². The van der Waals surface area contributed by atoms with Gasteiger partial charge < -0.3 is 18.8 Å². The lowest BCUT2D eigenvalue weighted by molar-refractivity contribution is -0.0364. The van der Waals surface area contributed by atoms with E-state index in [-0.39, 0.29) is 23.5 Å². The Morgan fingerprint density at radius 3 is 2.56 bits per heavy atom. The highest BCUT2D eigenvalue weighted by Gasteiger charge is 2.76. The van der Waals surface area contributed by atoms with Crippen LogP contribution in [-0.4, -0.2) is 40.8 Å². The van der Waals surface area contributed by atoms with Gasteiger partial charge in [0.1, 0.15) is 11.3 Å². The molecule has 2 saturated heterocycles. The summed E-state index contributed by atoms with van der Waals surface area (Å²) in [6.45, 7) is 16.0. The Morgan fingerprint density at radius 1 is 1.16 bits per heavy atom. The molecule has 1 aromatic heterocycles. The number of nitrogens with zero attached hydrogens (tertiary/aromatic N) is 2. The minimum Gasteiger partial charge on any atom is -0.491 e. The van der Waals surface area contributed by atoms with E-state index in [0.717, 1.165) is 48.1 Å². The molecule has 3 fully saturated rings. The highest BCUT2D eigenvalue weighted by molar-refractivity contribution is 6.64. The first kappa shape index (κ1) is 22.2. The van der Waals surface area contributed by atoms with Crippen LogP contribution >= 0.6 is 0 Å². The first-order chi connectivity index (χ1) is 15.2. The van der Waals surface area contributed by atoms with Crippen LogP contribution in [0.15, 0.2) is 18.2 Å². The molecule has 0 N–H and O–H groups in total. The predicted molar refractivity (Wildman–Crippen MR) is 126 cm³/mol. The number of aromatic nitrogens is 2. The number of hydrogen-bond donors (Lipinski definition) is 0. The molecule has 3 aliphatic rings. The third-order valence-corrected chi connectivity index (χ3v) is 7.69. The van der Waals surface area contributed by atoms with Gasteiger partial charge in [-0.05, 0) is 82.9 Å². The Balaban J connectivity index is 1.57. The summed E-state index contributed by atoms with van der Waals surface area (Å²) in [5, 5.41) is 6.07. The molecule has 32 heavy (non-hydrogen) atoms. The molecule has 4 unspecified atom stereocenters. The number of hydrogen-bond acceptors (Lipinski definition) is 5. The van der Waals surface area contributed by atoms with E-state index >= 15 is 0 Å². The highest BCUT2D eigenvalue weighted by Crippen LogP contribution is 2.66. The molecule has 174 valence electrons. The Hall–Kier alpha value is -1.57. The van der Waals surface area contributed by atoms with Crippen molar-refractivity contribution >= 4 is 23.6 Å². The summed E-state index contributed by atoms with van der Waals surface area (Å²) in [5.41, 5.74) is 1.22. The van der Waals surface area contributed by atoms with Crippen LogP contribution in [-0.2, 0) is 14.0 Å². The first-order valence-corrected chi connectivity index (χ1v) is 12.3. The maximum atomic E-state index is 6.80. The monoisotopic (exact) mass is 440 g/mol. The fraction of sp³-hybridized carbons (Fsp3) is 0.720. The zero-order chi connectivity index (χ0) is 22.8. The maximum Gasteiger partial charge on any atom is 0.517 e. The molecule has 3 heterocycles. The van der Waals surface area contributed by atoms with E-state index in [2.05, 4.69) is 46.8 Å². The molecule has 5 rings (SSSR count). The smallest absolute Gasteiger partial charge is 0.491 e. The van der Waals surface area contributed by atoms with Crippen LogP contribution in [0.3, 0.4) is 0 Å². The Kier molecular flexibility index (Phi) is 5.38. The van der Waals surface area contributed by atoms with Crippen molar-refractivity contribution in [3.63, 3.8) is 0 Å². The topological polar surface area (TPSA) is 54.7 Å². The van der Waals surface area contributed by atoms with E-state index in [1.54, 1.807) is 0 Å². The molecule has 0 radical (unpaired) electrons. The summed E-state index contributed by atoms with van der Waals surface area (Å²) in [5.74, 6) is 2.32. The average molecular weight is 440 g/mol. The van der Waals surface area contributed by atoms with Crippen LogP contribution in [0.2, 0.25) is 0 Å². The zero-order valence-corrected chi connectivity index (χ0v) is 20.6. The molecule has 2 aromatic rings. The molecule has 1 aromatic carbocycles. The van der Waals surface area contributed by atoms with Gasteiger partial charge in [-0.25, -0.2) is 4.68 Å². The SMILES string of the molecule is CC(C)Oc1ccc2c(c1)c(B1OC(C)(C)C3(O1)C(C)C3C(C)C)nn2C1CCCCO1. The molecular weight excluding hydrogens is 403 g/mol. The van der Waals surface area contributed by atoms with Crippen molar-refractivity contribution < 1.29 is 18.8 Å². The van der Waals surface area contributed by atoms with Gasteiger partial charge >= 0.3 is 7.12 Å². The van der Waals surface area contributed by atoms with Crippen molar-refractivity contribution in [2.24, 2.45) is 17.8 Å². The molecule has 1 saturated carbocycles. The van der Waals surface area contributed by atoms with Crippen molar-refractivity contribution in [1.29, 1.82) is 0 Å². The third kappa shape index (κ3) is 3.31. The lowest BCUT2D eigenvalue weighted by atomic mass is 9.82. The molecule has 0 bridgehead atoms. The van der Waals surface area contributed by atoms with E-state index in [1.807, 2.05) is 24.6 Å². The minimum atomic E-state index is -0.502. The van der Waals surface area contributed by atoms with Crippen molar-refractivity contribution in [3.05, 3.63) is 18.2 Å². The molecule has 1 spiro atoms. The van der Waals surface area contributed by atoms with Crippen molar-refractivity contribution in [2.45, 2.75) is 91.3 Å². The van der Waals surface area contributed by atoms with Gasteiger partial charge in [0.05, 0.1) is 22.8 Å². The highest BCUT2D eigenvalue weighted by atomic mass is 16.7. The number of rotatable bonds is 5. The van der Waals surface area contributed by atoms with Crippen molar-refractivity contribution in [2.75, 3.05) is 6.61 Å². The van der Waals surface area contributed by atoms with Crippen LogP contribution in [0, 0.1) is 17.8 Å². The molecular formula is C25H37BN2O4. The van der Waals surface area contributed by atoms with Gasteiger partial charge in [0, 0.05) is 12.0 Å². The van der Waals surface area contributed by atoms with E-state index in [1.165, 1.54) is 0 Å². The fourth-order valence-electron chi connectivity index (χ4n) is 6.38. The summed E-state index contributed by atoms with van der Waals surface area (Å²) in [6, 6.07) is 6.19. The fourth-order valence-corrected chi connectivity index (χ4v) is 6.38. The Bertz CT molecular complexity index is 997. The molecule has 7 heteroatoms. The van der Waals surface area contributed by atoms with E-state index in [9.17, 15) is 0 Å². The zero-order valence-electron chi connectivity index (χ0n) is 20.6. The minimum absolute atomic E-state index is 0.0523. The normalized spacial score (nSPS) is 31.9. The second-order valence-electron chi connectivity index (χ2n) is 10.9. The first-order valence-electron chi connectivity index (χ1n) is 12.3. The van der Waals surface area contributed by atoms with Crippen LogP contribution in [0.1, 0.15) is 74.0 Å². The van der Waals surface area contributed by atoms with E-state index < -0.39 is 7.12 Å². The molecule has 2 aliphatic heterocycles. The van der Waals surface area contributed by atoms with Gasteiger partial charge in [-0.2, -0.15) is 5.10 Å². The van der Waals surface area contributed by atoms with Crippen molar-refractivity contribution in [3.8, 4) is 5.75 Å². The maximum absolute atomic E-state index is 6.80. The Labute approximate surface area is 192 Å². The average Bonchev–Trinajstić information content (AvgIpc) is 3.03. The standard InChI is InChI=1S/C25H37BN2O4/c1-15(2)22-17(5)25(22)24(6,7)31-26(32-25)23-19-14-18(30-16(3)4)11-12-20(19)28(27-23)21-10-8-9-13-29-21/h11-12,14-17,21-22H,8-10,13H2,1-7H3. The van der Waals surface area contributed by atoms with Gasteiger partial charge in [0.2, 0.25) is 0 Å². The largest absolute Gasteiger partial charge is 0.517 e. The van der Waals surface area contributed by atoms with Crippen LogP contribution < -0.4 is 10.3 Å². The third-order valence-electron chi connectivity index (χ3n) is 7.69. The van der Waals surface area contributed by atoms with Gasteiger partial charge in [-0.1, -0.05) is 20.8 Å². The van der Waals surface area contributed by atoms with Crippen LogP contribution in [0.4, 0.5) is 0 Å². The quantitative estimate of drug-likeness (QED) is 0.631. The Morgan fingerprint density at radius 2 is 1.94 bits per heavy atom. The summed E-state index contributed by atoms with van der Waals surface area (Å²) >= 11 is 0. The second kappa shape index (κ2) is 7.74. The summed E-state index contributed by atoms with van der Waals surface area (Å²) in [4.78, 5) is 0. The predicted octanol–water partition coefficient (Wildman–Crippen LogP) is 4.70. The summed E-state index contributed by atoms with van der Waals surface area (Å²) < 4.78 is 27.5. The number of ether oxygens (including phenoxy) is 2. The van der Waals surface area contributed by atoms with Crippen LogP contribution in [0.5, 0.6) is 5.75 Å². The van der Waals surface area contributed by atoms with E-state index in [0.29, 0.717) is 17.8 Å².